The number of quaternary nitrogens is 1. The molecule has 0 saturated carbocycles. The fourth-order valence-electron chi connectivity index (χ4n) is 1.05. The Hall–Kier alpha value is -0.660. The van der Waals surface area contributed by atoms with E-state index >= 15 is 0 Å². The minimum absolute atomic E-state index is 0.317. The third kappa shape index (κ3) is 2.67. The molecule has 1 aromatic rings. The highest BCUT2D eigenvalue weighted by atomic mass is 79.9. The van der Waals surface area contributed by atoms with Crippen LogP contribution in [0.5, 0.6) is 0 Å². The van der Waals surface area contributed by atoms with E-state index in [0.717, 1.165) is 13.1 Å². The van der Waals surface area contributed by atoms with Crippen LogP contribution in [0.3, 0.4) is 0 Å². The number of rotatable bonds is 1. The Labute approximate surface area is 91.2 Å². The second-order valence-corrected chi connectivity index (χ2v) is 3.66. The lowest BCUT2D eigenvalue weighted by atomic mass is 10.2. The van der Waals surface area contributed by atoms with Crippen molar-refractivity contribution in [1.82, 2.24) is 0 Å². The lowest BCUT2D eigenvalue weighted by Gasteiger charge is -2.19. The van der Waals surface area contributed by atoms with E-state index in [0.29, 0.717) is 6.07 Å². The highest BCUT2D eigenvalue weighted by Gasteiger charge is 2.35. The standard InChI is InChI=1S/C8H6BrF4NO/c1-14(15)6-3-4(10)2-5(7(6)9)8(11,12)13/h2-3,14H,1H3. The Morgan fingerprint density at radius 1 is 1.33 bits per heavy atom. The van der Waals surface area contributed by atoms with E-state index in [1.54, 1.807) is 0 Å². The van der Waals surface area contributed by atoms with Gasteiger partial charge in [0, 0.05) is 6.07 Å². The van der Waals surface area contributed by atoms with Crippen molar-refractivity contribution in [3.8, 4) is 0 Å². The van der Waals surface area contributed by atoms with Gasteiger partial charge in [0.1, 0.15) is 11.5 Å². The van der Waals surface area contributed by atoms with Gasteiger partial charge >= 0.3 is 6.18 Å². The first kappa shape index (κ1) is 12.4. The largest absolute Gasteiger partial charge is 0.629 e. The molecule has 0 amide bonds. The second-order valence-electron chi connectivity index (χ2n) is 2.87. The molecule has 1 aromatic carbocycles. The van der Waals surface area contributed by atoms with Gasteiger partial charge in [0.25, 0.3) is 0 Å². The zero-order valence-electron chi connectivity index (χ0n) is 7.45. The molecule has 0 saturated heterocycles. The van der Waals surface area contributed by atoms with Crippen molar-refractivity contribution in [3.05, 3.63) is 33.2 Å². The minimum Gasteiger partial charge on any atom is -0.629 e. The summed E-state index contributed by atoms with van der Waals surface area (Å²) in [5.41, 5.74) is -1.50. The van der Waals surface area contributed by atoms with Crippen LogP contribution in [-0.2, 0) is 6.18 Å². The third-order valence-corrected chi connectivity index (χ3v) is 2.58. The Balaban J connectivity index is 3.42. The second kappa shape index (κ2) is 4.07. The van der Waals surface area contributed by atoms with Gasteiger partial charge in [0.2, 0.25) is 0 Å². The first-order valence-corrected chi connectivity index (χ1v) is 4.60. The number of hydroxylamine groups is 1. The van der Waals surface area contributed by atoms with Crippen molar-refractivity contribution < 1.29 is 22.6 Å². The van der Waals surface area contributed by atoms with E-state index in [9.17, 15) is 22.8 Å². The topological polar surface area (TPSA) is 27.5 Å². The quantitative estimate of drug-likeness (QED) is 0.623. The van der Waals surface area contributed by atoms with E-state index in [1.807, 2.05) is 0 Å². The predicted molar refractivity (Wildman–Crippen MR) is 49.0 cm³/mol. The molecule has 0 spiro atoms. The lowest BCUT2D eigenvalue weighted by molar-refractivity contribution is -0.752. The minimum atomic E-state index is -4.69. The third-order valence-electron chi connectivity index (χ3n) is 1.72. The number of alkyl halides is 3. The number of nitrogens with one attached hydrogen (secondary N) is 1. The Morgan fingerprint density at radius 2 is 1.87 bits per heavy atom. The summed E-state index contributed by atoms with van der Waals surface area (Å²) in [5.74, 6) is -1.09. The molecule has 0 aromatic heterocycles. The van der Waals surface area contributed by atoms with Crippen LogP contribution in [0.15, 0.2) is 16.6 Å². The SMILES string of the molecule is C[NH+]([O-])c1cc(F)cc(C(F)(F)F)c1Br. The van der Waals surface area contributed by atoms with Crippen LogP contribution < -0.4 is 5.06 Å². The molecule has 1 unspecified atom stereocenters. The summed E-state index contributed by atoms with van der Waals surface area (Å²) in [6.45, 7) is 0. The van der Waals surface area contributed by atoms with Crippen LogP contribution in [0.2, 0.25) is 0 Å². The molecule has 84 valence electrons. The number of benzene rings is 1. The average Bonchev–Trinajstić information content (AvgIpc) is 2.06. The van der Waals surface area contributed by atoms with Gasteiger partial charge in [-0.3, -0.25) is 0 Å². The van der Waals surface area contributed by atoms with Crippen LogP contribution in [0.4, 0.5) is 23.2 Å². The number of hydrogen-bond acceptors (Lipinski definition) is 1. The van der Waals surface area contributed by atoms with Crippen LogP contribution in [-0.4, -0.2) is 7.05 Å². The molecule has 2 nitrogen and oxygen atoms in total. The fourth-order valence-corrected chi connectivity index (χ4v) is 1.78. The van der Waals surface area contributed by atoms with Crippen molar-refractivity contribution in [3.63, 3.8) is 0 Å². The smallest absolute Gasteiger partial charge is 0.417 e. The van der Waals surface area contributed by atoms with Crippen LogP contribution in [0, 0.1) is 11.0 Å². The maximum absolute atomic E-state index is 12.8. The van der Waals surface area contributed by atoms with Crippen LogP contribution >= 0.6 is 15.9 Å². The summed E-state index contributed by atoms with van der Waals surface area (Å²) in [5, 5.41) is 10.3. The fraction of sp³-hybridized carbons (Fsp3) is 0.250. The van der Waals surface area contributed by atoms with Crippen molar-refractivity contribution in [2.75, 3.05) is 7.05 Å². The molecular weight excluding hydrogens is 282 g/mol. The maximum atomic E-state index is 12.8. The molecule has 0 bridgehead atoms. The van der Waals surface area contributed by atoms with Gasteiger partial charge in [0.15, 0.2) is 0 Å². The van der Waals surface area contributed by atoms with Gasteiger partial charge in [-0.05, 0) is 22.0 Å². The first-order chi connectivity index (χ1) is 6.73. The van der Waals surface area contributed by atoms with Crippen molar-refractivity contribution in [1.29, 1.82) is 0 Å². The zero-order valence-corrected chi connectivity index (χ0v) is 9.04. The summed E-state index contributed by atoms with van der Waals surface area (Å²) in [6, 6.07) is 1.11. The lowest BCUT2D eigenvalue weighted by Crippen LogP contribution is -2.98. The highest BCUT2D eigenvalue weighted by molar-refractivity contribution is 9.10. The van der Waals surface area contributed by atoms with Gasteiger partial charge in [-0.15, -0.1) is 0 Å². The van der Waals surface area contributed by atoms with E-state index < -0.39 is 27.1 Å². The van der Waals surface area contributed by atoms with Crippen LogP contribution in [0.25, 0.3) is 0 Å². The summed E-state index contributed by atoms with van der Waals surface area (Å²) in [6.07, 6.45) is -4.69. The molecule has 15 heavy (non-hydrogen) atoms. The van der Waals surface area contributed by atoms with E-state index in [2.05, 4.69) is 15.9 Å². The van der Waals surface area contributed by atoms with Gasteiger partial charge in [-0.2, -0.15) is 13.2 Å². The summed E-state index contributed by atoms with van der Waals surface area (Å²) < 4.78 is 49.5. The number of halogens is 5. The number of hydrogen-bond donors (Lipinski definition) is 1. The predicted octanol–water partition coefficient (Wildman–Crippen LogP) is 2.25. The van der Waals surface area contributed by atoms with Crippen molar-refractivity contribution >= 4 is 21.6 Å². The van der Waals surface area contributed by atoms with E-state index in [4.69, 9.17) is 0 Å². The highest BCUT2D eigenvalue weighted by Crippen LogP contribution is 2.37. The van der Waals surface area contributed by atoms with E-state index in [-0.39, 0.29) is 5.69 Å². The monoisotopic (exact) mass is 287 g/mol. The molecule has 1 N–H and O–H groups in total. The van der Waals surface area contributed by atoms with Crippen molar-refractivity contribution in [2.24, 2.45) is 0 Å². The zero-order chi connectivity index (χ0) is 11.8. The molecule has 1 rings (SSSR count). The summed E-state index contributed by atoms with van der Waals surface area (Å²) in [4.78, 5) is 0. The van der Waals surface area contributed by atoms with Crippen molar-refractivity contribution in [2.45, 2.75) is 6.18 Å². The molecule has 0 aliphatic carbocycles. The maximum Gasteiger partial charge on any atom is 0.417 e. The van der Waals surface area contributed by atoms with Gasteiger partial charge in [0.05, 0.1) is 17.1 Å². The van der Waals surface area contributed by atoms with Crippen LogP contribution in [0.1, 0.15) is 5.56 Å². The normalized spacial score (nSPS) is 14.1. The van der Waals surface area contributed by atoms with E-state index in [1.165, 1.54) is 0 Å². The Morgan fingerprint density at radius 3 is 2.27 bits per heavy atom. The van der Waals surface area contributed by atoms with Gasteiger partial charge < -0.3 is 10.3 Å². The first-order valence-electron chi connectivity index (χ1n) is 3.80. The Kier molecular flexibility index (Phi) is 3.37. The average molecular weight is 288 g/mol. The molecule has 1 atom stereocenters. The molecular formula is C8H6BrF4NO. The molecule has 0 aliphatic rings. The summed E-state index contributed by atoms with van der Waals surface area (Å²) >= 11 is 2.64. The van der Waals surface area contributed by atoms with Gasteiger partial charge in [-0.25, -0.2) is 4.39 Å². The molecule has 0 heterocycles. The molecule has 0 radical (unpaired) electrons. The molecule has 7 heteroatoms. The Bertz CT molecular complexity index is 378. The molecule has 0 aliphatic heterocycles. The molecule has 0 fully saturated rings. The van der Waals surface area contributed by atoms with Gasteiger partial charge in [-0.1, -0.05) is 0 Å². The summed E-state index contributed by atoms with van der Waals surface area (Å²) in [7, 11) is 1.07.